The zero-order valence-corrected chi connectivity index (χ0v) is 14.3. The van der Waals surface area contributed by atoms with Crippen LogP contribution >= 0.6 is 0 Å². The van der Waals surface area contributed by atoms with E-state index >= 15 is 0 Å². The number of aliphatic hydroxyl groups excluding tert-OH is 2. The molecule has 0 aliphatic rings. The van der Waals surface area contributed by atoms with Crippen LogP contribution in [0.15, 0.2) is 0 Å². The summed E-state index contributed by atoms with van der Waals surface area (Å²) in [5.74, 6) is 0. The van der Waals surface area contributed by atoms with Crippen molar-refractivity contribution in [2.45, 2.75) is 91.1 Å². The Morgan fingerprint density at radius 1 is 0.722 bits per heavy atom. The average Bonchev–Trinajstić information content (AvgIpc) is 2.26. The fraction of sp³-hybridized carbons (Fsp3) is 1.00. The van der Waals surface area contributed by atoms with Gasteiger partial charge < -0.3 is 10.2 Å². The first-order chi connectivity index (χ1) is 8.15. The summed E-state index contributed by atoms with van der Waals surface area (Å²) in [7, 11) is 0. The molecule has 0 heterocycles. The first-order valence-corrected chi connectivity index (χ1v) is 7.44. The van der Waals surface area contributed by atoms with E-state index in [1.54, 1.807) is 13.8 Å². The van der Waals surface area contributed by atoms with Crippen molar-refractivity contribution in [1.82, 2.24) is 0 Å². The summed E-state index contributed by atoms with van der Waals surface area (Å²) < 4.78 is 0. The normalized spacial score (nSPS) is 9.67. The predicted molar refractivity (Wildman–Crippen MR) is 76.3 cm³/mol. The van der Waals surface area contributed by atoms with Crippen LogP contribution in [-0.2, 0) is 21.7 Å². The molecule has 110 valence electrons. The van der Waals surface area contributed by atoms with Gasteiger partial charge in [0.15, 0.2) is 0 Å². The van der Waals surface area contributed by atoms with Crippen molar-refractivity contribution in [3.05, 3.63) is 0 Å². The van der Waals surface area contributed by atoms with Gasteiger partial charge >= 0.3 is 0 Å². The van der Waals surface area contributed by atoms with Crippen molar-refractivity contribution in [2.24, 2.45) is 0 Å². The molecule has 0 fully saturated rings. The number of hydrogen-bond acceptors (Lipinski definition) is 2. The minimum atomic E-state index is -0.167. The summed E-state index contributed by atoms with van der Waals surface area (Å²) in [5, 5.41) is 16.6. The molecule has 0 atom stereocenters. The molecule has 0 aromatic carbocycles. The molecule has 18 heavy (non-hydrogen) atoms. The molecule has 0 radical (unpaired) electrons. The van der Waals surface area contributed by atoms with Crippen LogP contribution in [0.5, 0.6) is 0 Å². The first-order valence-electron chi connectivity index (χ1n) is 7.44. The van der Waals surface area contributed by atoms with Crippen LogP contribution in [-0.4, -0.2) is 22.9 Å². The molecule has 0 spiro atoms. The summed E-state index contributed by atoms with van der Waals surface area (Å²) in [6.45, 7) is 6.07. The molecule has 3 heteroatoms. The van der Waals surface area contributed by atoms with Crippen molar-refractivity contribution in [3.63, 3.8) is 0 Å². The van der Waals surface area contributed by atoms with Gasteiger partial charge in [-0.05, 0) is 20.3 Å². The Balaban J connectivity index is -0.000000392. The molecule has 0 bridgehead atoms. The monoisotopic (exact) mass is 294 g/mol. The van der Waals surface area contributed by atoms with E-state index in [4.69, 9.17) is 10.2 Å². The summed E-state index contributed by atoms with van der Waals surface area (Å²) >= 11 is 0. The van der Waals surface area contributed by atoms with Crippen molar-refractivity contribution in [3.8, 4) is 0 Å². The second-order valence-corrected chi connectivity index (χ2v) is 5.00. The van der Waals surface area contributed by atoms with E-state index in [9.17, 15) is 0 Å². The maximum atomic E-state index is 8.57. The van der Waals surface area contributed by atoms with Gasteiger partial charge in [-0.15, -0.1) is 0 Å². The molecule has 0 aromatic rings. The molecule has 0 aliphatic heterocycles. The summed E-state index contributed by atoms with van der Waals surface area (Å²) in [6.07, 6.45) is 13.1. The Hall–Kier alpha value is 0.634. The van der Waals surface area contributed by atoms with E-state index in [0.29, 0.717) is 6.61 Å². The van der Waals surface area contributed by atoms with Crippen LogP contribution in [0.1, 0.15) is 85.0 Å². The average molecular weight is 294 g/mol. The zero-order chi connectivity index (χ0) is 13.4. The van der Waals surface area contributed by atoms with Crippen LogP contribution in [0.25, 0.3) is 0 Å². The van der Waals surface area contributed by atoms with Gasteiger partial charge in [0, 0.05) is 34.4 Å². The van der Waals surface area contributed by atoms with Crippen LogP contribution < -0.4 is 0 Å². The van der Waals surface area contributed by atoms with Gasteiger partial charge in [-0.3, -0.25) is 0 Å². The third-order valence-electron chi connectivity index (χ3n) is 2.51. The number of rotatable bonds is 10. The van der Waals surface area contributed by atoms with Crippen molar-refractivity contribution >= 4 is 0 Å². The predicted octanol–water partition coefficient (Wildman–Crippen LogP) is 4.28. The molecular weight excluding hydrogens is 260 g/mol. The van der Waals surface area contributed by atoms with Crippen LogP contribution in [0, 0.1) is 0 Å². The van der Waals surface area contributed by atoms with Crippen LogP contribution in [0.3, 0.4) is 0 Å². The molecule has 0 aliphatic carbocycles. The third-order valence-corrected chi connectivity index (χ3v) is 2.51. The second kappa shape index (κ2) is 22.8. The Morgan fingerprint density at radius 2 is 1.00 bits per heavy atom. The van der Waals surface area contributed by atoms with E-state index < -0.39 is 0 Å². The zero-order valence-electron chi connectivity index (χ0n) is 12.7. The van der Waals surface area contributed by atoms with E-state index in [0.717, 1.165) is 6.42 Å². The summed E-state index contributed by atoms with van der Waals surface area (Å²) in [5.41, 5.74) is 0. The Morgan fingerprint density at radius 3 is 1.28 bits per heavy atom. The fourth-order valence-corrected chi connectivity index (χ4v) is 1.60. The molecule has 2 nitrogen and oxygen atoms in total. The fourth-order valence-electron chi connectivity index (χ4n) is 1.60. The molecule has 0 rings (SSSR count). The first kappa shape index (κ1) is 23.7. The van der Waals surface area contributed by atoms with Gasteiger partial charge in [0.1, 0.15) is 0 Å². The van der Waals surface area contributed by atoms with E-state index in [1.807, 2.05) is 0 Å². The topological polar surface area (TPSA) is 40.5 Å². The Bertz CT molecular complexity index is 106. The van der Waals surface area contributed by atoms with Gasteiger partial charge in [-0.25, -0.2) is 0 Å². The van der Waals surface area contributed by atoms with Gasteiger partial charge in [0.25, 0.3) is 0 Å². The molecule has 0 saturated heterocycles. The number of aliphatic hydroxyl groups is 2. The van der Waals surface area contributed by atoms with E-state index in [2.05, 4.69) is 6.92 Å². The summed E-state index contributed by atoms with van der Waals surface area (Å²) in [4.78, 5) is 0. The van der Waals surface area contributed by atoms with Crippen LogP contribution in [0.2, 0.25) is 0 Å². The molecule has 2 N–H and O–H groups in total. The van der Waals surface area contributed by atoms with Gasteiger partial charge in [0.2, 0.25) is 0 Å². The smallest absolute Gasteiger partial charge is 0.0483 e. The quantitative estimate of drug-likeness (QED) is 0.466. The Labute approximate surface area is 129 Å². The molecule has 0 amide bonds. The van der Waals surface area contributed by atoms with Crippen LogP contribution in [0.4, 0.5) is 0 Å². The van der Waals surface area contributed by atoms with Gasteiger partial charge in [-0.1, -0.05) is 64.7 Å². The minimum absolute atomic E-state index is 0. The molecule has 0 aromatic heterocycles. The van der Waals surface area contributed by atoms with E-state index in [1.165, 1.54) is 57.8 Å². The second-order valence-electron chi connectivity index (χ2n) is 5.00. The SMILES string of the molecule is CC(C)O.CCCCCCCCCCCCO.[Ti]. The molecular formula is C15H34O2Ti. The largest absolute Gasteiger partial charge is 0.396 e. The maximum absolute atomic E-state index is 8.57. The van der Waals surface area contributed by atoms with Crippen molar-refractivity contribution in [1.29, 1.82) is 0 Å². The summed E-state index contributed by atoms with van der Waals surface area (Å²) in [6, 6.07) is 0. The number of hydrogen-bond donors (Lipinski definition) is 2. The number of unbranched alkanes of at least 4 members (excludes halogenated alkanes) is 9. The van der Waals surface area contributed by atoms with Gasteiger partial charge in [0.05, 0.1) is 0 Å². The Kier molecular flexibility index (Phi) is 30.0. The standard InChI is InChI=1S/C12H26O.C3H8O.Ti/c1-2-3-4-5-6-7-8-9-10-11-12-13;1-3(2)4;/h13H,2-12H2,1H3;3-4H,1-2H3;. The maximum Gasteiger partial charge on any atom is 0.0483 e. The molecule has 0 unspecified atom stereocenters. The molecule has 0 saturated carbocycles. The third kappa shape index (κ3) is 36.0. The minimum Gasteiger partial charge on any atom is -0.396 e. The van der Waals surface area contributed by atoms with Crippen molar-refractivity contribution in [2.75, 3.05) is 6.61 Å². The van der Waals surface area contributed by atoms with E-state index in [-0.39, 0.29) is 27.8 Å². The van der Waals surface area contributed by atoms with Crippen molar-refractivity contribution < 1.29 is 31.9 Å². The van der Waals surface area contributed by atoms with Gasteiger partial charge in [-0.2, -0.15) is 0 Å².